The molecule has 0 spiro atoms. The van der Waals surface area contributed by atoms with Gasteiger partial charge in [0.25, 0.3) is 0 Å². The molecule has 0 aromatic heterocycles. The molecule has 7 heteroatoms. The van der Waals surface area contributed by atoms with Crippen LogP contribution in [0.1, 0.15) is 59.4 Å². The molecule has 176 valence electrons. The van der Waals surface area contributed by atoms with Gasteiger partial charge >= 0.3 is 12.0 Å². The molecule has 1 aromatic rings. The first-order valence-electron chi connectivity index (χ1n) is 11.5. The van der Waals surface area contributed by atoms with Crippen LogP contribution in [0, 0.1) is 5.92 Å². The number of ether oxygens (including phenoxy) is 2. The van der Waals surface area contributed by atoms with Crippen LogP contribution in [-0.4, -0.2) is 60.5 Å². The first-order chi connectivity index (χ1) is 14.8. The van der Waals surface area contributed by atoms with Crippen LogP contribution in [0.5, 0.6) is 5.75 Å². The number of carbonyl (C=O) groups is 2. The minimum atomic E-state index is -0.963. The van der Waals surface area contributed by atoms with Gasteiger partial charge < -0.3 is 24.8 Å². The molecule has 0 fully saturated rings. The fraction of sp³-hybridized carbons (Fsp3) is 0.667. The molecule has 7 nitrogen and oxygen atoms in total. The molecule has 0 saturated carbocycles. The Morgan fingerprint density at radius 2 is 1.71 bits per heavy atom. The summed E-state index contributed by atoms with van der Waals surface area (Å²) in [5.41, 5.74) is 0.872. The quantitative estimate of drug-likeness (QED) is 0.427. The Kier molecular flexibility index (Phi) is 12.7. The monoisotopic (exact) mass is 436 g/mol. The molecule has 1 rings (SSSR count). The second-order valence-corrected chi connectivity index (χ2v) is 7.87. The van der Waals surface area contributed by atoms with Gasteiger partial charge in [-0.2, -0.15) is 0 Å². The molecule has 0 saturated heterocycles. The molecule has 0 aliphatic heterocycles. The van der Waals surface area contributed by atoms with E-state index in [0.717, 1.165) is 24.8 Å². The van der Waals surface area contributed by atoms with Crippen LogP contribution in [0.15, 0.2) is 24.3 Å². The van der Waals surface area contributed by atoms with Crippen LogP contribution in [0.25, 0.3) is 0 Å². The summed E-state index contributed by atoms with van der Waals surface area (Å²) in [6.07, 6.45) is 2.41. The zero-order valence-corrected chi connectivity index (χ0v) is 19.7. The fourth-order valence-corrected chi connectivity index (χ4v) is 3.17. The van der Waals surface area contributed by atoms with Crippen molar-refractivity contribution in [3.05, 3.63) is 29.8 Å². The van der Waals surface area contributed by atoms with Crippen molar-refractivity contribution >= 4 is 12.0 Å². The van der Waals surface area contributed by atoms with Gasteiger partial charge in [0.1, 0.15) is 12.4 Å². The lowest BCUT2D eigenvalue weighted by molar-refractivity contribution is -0.149. The Balaban J connectivity index is 2.64. The maximum Gasteiger partial charge on any atom is 0.333 e. The summed E-state index contributed by atoms with van der Waals surface area (Å²) < 4.78 is 11.1. The summed E-state index contributed by atoms with van der Waals surface area (Å²) >= 11 is 0. The Bertz CT molecular complexity index is 646. The second-order valence-electron chi connectivity index (χ2n) is 7.87. The highest BCUT2D eigenvalue weighted by Gasteiger charge is 2.19. The van der Waals surface area contributed by atoms with Gasteiger partial charge in [-0.05, 0) is 43.9 Å². The standard InChI is InChI=1S/C24H40N2O5/c1-6-18(5)25-24(29)26(17-19(7-2)8-3)14-15-31-21-12-10-20(11-13-21)16-22(23(27)28)30-9-4/h10-13,18-19,22H,6-9,14-17H2,1-5H3,(H,25,29)(H,27,28). The van der Waals surface area contributed by atoms with E-state index in [-0.39, 0.29) is 12.1 Å². The Morgan fingerprint density at radius 1 is 1.06 bits per heavy atom. The van der Waals surface area contributed by atoms with Crippen molar-refractivity contribution in [1.29, 1.82) is 0 Å². The van der Waals surface area contributed by atoms with Crippen LogP contribution in [0.2, 0.25) is 0 Å². The lowest BCUT2D eigenvalue weighted by Gasteiger charge is -2.28. The molecule has 31 heavy (non-hydrogen) atoms. The lowest BCUT2D eigenvalue weighted by Crippen LogP contribution is -2.47. The number of carboxylic acid groups (broad SMARTS) is 1. The average Bonchev–Trinajstić information content (AvgIpc) is 2.76. The third-order valence-electron chi connectivity index (χ3n) is 5.52. The average molecular weight is 437 g/mol. The number of urea groups is 1. The van der Waals surface area contributed by atoms with Crippen molar-refractivity contribution < 1.29 is 24.2 Å². The van der Waals surface area contributed by atoms with Crippen LogP contribution in [0.3, 0.4) is 0 Å². The molecule has 0 bridgehead atoms. The number of carbonyl (C=O) groups excluding carboxylic acids is 1. The SMILES string of the molecule is CCOC(Cc1ccc(OCCN(CC(CC)CC)C(=O)NC(C)CC)cc1)C(=O)O. The Morgan fingerprint density at radius 3 is 2.23 bits per heavy atom. The minimum absolute atomic E-state index is 0.0455. The first kappa shape index (κ1) is 26.8. The predicted octanol–water partition coefficient (Wildman–Crippen LogP) is 4.34. The van der Waals surface area contributed by atoms with Crippen LogP contribution < -0.4 is 10.1 Å². The third-order valence-corrected chi connectivity index (χ3v) is 5.52. The highest BCUT2D eigenvalue weighted by Crippen LogP contribution is 2.15. The third kappa shape index (κ3) is 10.0. The van der Waals surface area contributed by atoms with E-state index in [1.165, 1.54) is 0 Å². The molecule has 0 aliphatic carbocycles. The molecular weight excluding hydrogens is 396 g/mol. The highest BCUT2D eigenvalue weighted by atomic mass is 16.5. The minimum Gasteiger partial charge on any atom is -0.492 e. The molecule has 2 N–H and O–H groups in total. The number of nitrogens with one attached hydrogen (secondary N) is 1. The zero-order chi connectivity index (χ0) is 23.2. The van der Waals surface area contributed by atoms with E-state index in [0.29, 0.717) is 44.4 Å². The Labute approximate surface area is 187 Å². The van der Waals surface area contributed by atoms with Gasteiger partial charge in [0.2, 0.25) is 0 Å². The summed E-state index contributed by atoms with van der Waals surface area (Å²) in [5, 5.41) is 12.3. The van der Waals surface area contributed by atoms with Gasteiger partial charge in [0.15, 0.2) is 6.10 Å². The molecule has 0 aliphatic rings. The van der Waals surface area contributed by atoms with Gasteiger partial charge in [-0.3, -0.25) is 0 Å². The van der Waals surface area contributed by atoms with Gasteiger partial charge in [-0.1, -0.05) is 45.7 Å². The van der Waals surface area contributed by atoms with E-state index < -0.39 is 12.1 Å². The summed E-state index contributed by atoms with van der Waals surface area (Å²) in [7, 11) is 0. The summed E-state index contributed by atoms with van der Waals surface area (Å²) in [5.74, 6) is 0.196. The largest absolute Gasteiger partial charge is 0.492 e. The number of benzene rings is 1. The maximum absolute atomic E-state index is 12.7. The molecule has 2 unspecified atom stereocenters. The van der Waals surface area contributed by atoms with Crippen molar-refractivity contribution in [1.82, 2.24) is 10.2 Å². The van der Waals surface area contributed by atoms with Crippen molar-refractivity contribution in [2.75, 3.05) is 26.3 Å². The summed E-state index contributed by atoms with van der Waals surface area (Å²) in [6, 6.07) is 7.44. The van der Waals surface area contributed by atoms with Crippen molar-refractivity contribution in [3.8, 4) is 5.75 Å². The van der Waals surface area contributed by atoms with Crippen LogP contribution in [-0.2, 0) is 16.0 Å². The van der Waals surface area contributed by atoms with E-state index in [4.69, 9.17) is 9.47 Å². The van der Waals surface area contributed by atoms with Crippen LogP contribution in [0.4, 0.5) is 4.79 Å². The normalized spacial score (nSPS) is 13.0. The molecule has 2 amide bonds. The lowest BCUT2D eigenvalue weighted by atomic mass is 10.0. The van der Waals surface area contributed by atoms with E-state index in [9.17, 15) is 14.7 Å². The number of aliphatic carboxylic acids is 1. The number of hydrogen-bond donors (Lipinski definition) is 2. The molecule has 0 heterocycles. The van der Waals surface area contributed by atoms with Crippen molar-refractivity contribution in [3.63, 3.8) is 0 Å². The summed E-state index contributed by atoms with van der Waals surface area (Å²) in [4.78, 5) is 25.8. The van der Waals surface area contributed by atoms with E-state index in [2.05, 4.69) is 26.1 Å². The Hall–Kier alpha value is -2.28. The predicted molar refractivity (Wildman–Crippen MR) is 123 cm³/mol. The van der Waals surface area contributed by atoms with Gasteiger partial charge in [-0.25, -0.2) is 9.59 Å². The zero-order valence-electron chi connectivity index (χ0n) is 19.7. The number of carboxylic acids is 1. The topological polar surface area (TPSA) is 88.1 Å². The fourth-order valence-electron chi connectivity index (χ4n) is 3.17. The van der Waals surface area contributed by atoms with Gasteiger partial charge in [0.05, 0.1) is 6.54 Å². The number of nitrogens with zero attached hydrogens (tertiary/aromatic N) is 1. The summed E-state index contributed by atoms with van der Waals surface area (Å²) in [6.45, 7) is 12.1. The molecule has 0 radical (unpaired) electrons. The highest BCUT2D eigenvalue weighted by molar-refractivity contribution is 5.74. The van der Waals surface area contributed by atoms with Gasteiger partial charge in [0, 0.05) is 25.6 Å². The smallest absolute Gasteiger partial charge is 0.333 e. The van der Waals surface area contributed by atoms with Crippen molar-refractivity contribution in [2.24, 2.45) is 5.92 Å². The number of rotatable bonds is 15. The first-order valence-corrected chi connectivity index (χ1v) is 11.5. The van der Waals surface area contributed by atoms with Crippen molar-refractivity contribution in [2.45, 2.75) is 72.4 Å². The number of hydrogen-bond acceptors (Lipinski definition) is 4. The number of amides is 2. The van der Waals surface area contributed by atoms with E-state index in [1.54, 1.807) is 6.92 Å². The second kappa shape index (κ2) is 14.7. The maximum atomic E-state index is 12.7. The van der Waals surface area contributed by atoms with Crippen LogP contribution >= 0.6 is 0 Å². The van der Waals surface area contributed by atoms with E-state index in [1.807, 2.05) is 36.1 Å². The van der Waals surface area contributed by atoms with E-state index >= 15 is 0 Å². The molecule has 2 atom stereocenters. The van der Waals surface area contributed by atoms with Gasteiger partial charge in [-0.15, -0.1) is 0 Å². The molecular formula is C24H40N2O5. The molecule has 1 aromatic carbocycles.